The lowest BCUT2D eigenvalue weighted by atomic mass is 9.78. The van der Waals surface area contributed by atoms with E-state index in [2.05, 4.69) is 5.32 Å². The van der Waals surface area contributed by atoms with Crippen LogP contribution >= 0.6 is 12.2 Å². The van der Waals surface area contributed by atoms with Gasteiger partial charge in [0.05, 0.1) is 25.9 Å². The summed E-state index contributed by atoms with van der Waals surface area (Å²) in [6.07, 6.45) is 0. The van der Waals surface area contributed by atoms with E-state index >= 15 is 0 Å². The second-order valence-corrected chi connectivity index (χ2v) is 8.09. The average Bonchev–Trinajstić information content (AvgIpc) is 2.72. The van der Waals surface area contributed by atoms with Crippen molar-refractivity contribution in [3.63, 3.8) is 0 Å². The number of hydrogen-bond acceptors (Lipinski definition) is 5. The van der Waals surface area contributed by atoms with Gasteiger partial charge in [-0.15, -0.1) is 0 Å². The Balaban J connectivity index is 1.93. The van der Waals surface area contributed by atoms with Gasteiger partial charge >= 0.3 is 0 Å². The minimum Gasteiger partial charge on any atom is -0.497 e. The quantitative estimate of drug-likeness (QED) is 0.753. The van der Waals surface area contributed by atoms with Gasteiger partial charge in [0.15, 0.2) is 10.8 Å². The van der Waals surface area contributed by atoms with Gasteiger partial charge in [-0.1, -0.05) is 12.1 Å². The van der Waals surface area contributed by atoms with E-state index in [4.69, 9.17) is 26.4 Å². The molecule has 1 fully saturated rings. The second-order valence-electron chi connectivity index (χ2n) is 7.71. The first kappa shape index (κ1) is 20.3. The van der Waals surface area contributed by atoms with Gasteiger partial charge in [-0.3, -0.25) is 9.69 Å². The number of fused-ring (bicyclic) bond motifs is 4. The molecule has 2 aliphatic rings. The summed E-state index contributed by atoms with van der Waals surface area (Å²) in [5.74, 6) is 1.38. The minimum absolute atomic E-state index is 0.0640. The fraction of sp³-hybridized carbons (Fsp3) is 0.364. The summed E-state index contributed by atoms with van der Waals surface area (Å²) < 4.78 is 17.5. The predicted octanol–water partition coefficient (Wildman–Crippen LogP) is 2.95. The fourth-order valence-electron chi connectivity index (χ4n) is 4.32. The lowest BCUT2D eigenvalue weighted by molar-refractivity contribution is -0.144. The largest absolute Gasteiger partial charge is 0.497 e. The molecule has 1 saturated heterocycles. The number of methoxy groups -OCH3 is 2. The van der Waals surface area contributed by atoms with Crippen LogP contribution in [0, 0.1) is 5.92 Å². The number of benzene rings is 2. The number of anilines is 1. The van der Waals surface area contributed by atoms with E-state index in [0.29, 0.717) is 22.4 Å². The molecular formula is C22H25N3O4S. The number of carbonyl (C=O) groups excluding carboxylic acids is 1. The molecule has 1 N–H and O–H groups in total. The molecule has 4 rings (SSSR count). The number of ether oxygens (including phenoxy) is 3. The van der Waals surface area contributed by atoms with Crippen LogP contribution in [0.3, 0.4) is 0 Å². The molecule has 158 valence electrons. The Morgan fingerprint density at radius 3 is 2.60 bits per heavy atom. The number of hydrogen-bond donors (Lipinski definition) is 1. The number of rotatable bonds is 4. The van der Waals surface area contributed by atoms with E-state index in [1.165, 1.54) is 0 Å². The highest BCUT2D eigenvalue weighted by Crippen LogP contribution is 2.51. The van der Waals surface area contributed by atoms with E-state index in [9.17, 15) is 4.79 Å². The molecule has 7 nitrogen and oxygen atoms in total. The number of para-hydroxylation sites is 2. The summed E-state index contributed by atoms with van der Waals surface area (Å²) in [5, 5.41) is 3.85. The van der Waals surface area contributed by atoms with Crippen LogP contribution in [0.25, 0.3) is 0 Å². The van der Waals surface area contributed by atoms with Crippen LogP contribution in [0.5, 0.6) is 17.2 Å². The van der Waals surface area contributed by atoms with E-state index in [1.807, 2.05) is 54.3 Å². The van der Waals surface area contributed by atoms with Crippen molar-refractivity contribution >= 4 is 28.9 Å². The van der Waals surface area contributed by atoms with Crippen LogP contribution in [0.4, 0.5) is 5.69 Å². The maximum Gasteiger partial charge on any atom is 0.233 e. The maximum absolute atomic E-state index is 13.4. The number of thiocarbonyl (C=S) groups is 1. The van der Waals surface area contributed by atoms with Gasteiger partial charge < -0.3 is 24.4 Å². The first-order valence-electron chi connectivity index (χ1n) is 9.63. The van der Waals surface area contributed by atoms with Crippen molar-refractivity contribution in [2.75, 3.05) is 33.2 Å². The van der Waals surface area contributed by atoms with E-state index in [0.717, 1.165) is 11.3 Å². The SMILES string of the molecule is COc1ccc2c(c1)[C@H]1NC(=S)N(c3ccccc3OC)[C@@](C)(O2)[C@H]1C(=O)N(C)C. The smallest absolute Gasteiger partial charge is 0.233 e. The van der Waals surface area contributed by atoms with Gasteiger partial charge in [-0.25, -0.2) is 0 Å². The van der Waals surface area contributed by atoms with Gasteiger partial charge in [0.1, 0.15) is 23.2 Å². The standard InChI is InChI=1S/C22H25N3O4S/c1-22-18(20(26)24(2)3)19(14-12-13(27-4)10-11-16(14)29-22)23-21(30)25(22)15-8-6-7-9-17(15)28-5/h6-12,18-19H,1-5H3,(H,23,30)/t18-,19-,22+/m1/s1. The predicted molar refractivity (Wildman–Crippen MR) is 118 cm³/mol. The summed E-state index contributed by atoms with van der Waals surface area (Å²) in [6, 6.07) is 12.8. The molecule has 2 heterocycles. The third kappa shape index (κ3) is 2.94. The monoisotopic (exact) mass is 427 g/mol. The molecule has 0 saturated carbocycles. The van der Waals surface area contributed by atoms with E-state index in [-0.39, 0.29) is 11.9 Å². The highest BCUT2D eigenvalue weighted by Gasteiger charge is 2.59. The van der Waals surface area contributed by atoms with E-state index in [1.54, 1.807) is 33.2 Å². The number of amides is 1. The summed E-state index contributed by atoms with van der Waals surface area (Å²) in [4.78, 5) is 16.8. The molecule has 1 amide bonds. The number of nitrogens with one attached hydrogen (secondary N) is 1. The van der Waals surface area contributed by atoms with Crippen molar-refractivity contribution in [1.29, 1.82) is 0 Å². The molecule has 0 aromatic heterocycles. The van der Waals surface area contributed by atoms with Crippen molar-refractivity contribution in [2.24, 2.45) is 5.92 Å². The Morgan fingerprint density at radius 1 is 1.20 bits per heavy atom. The van der Waals surface area contributed by atoms with Crippen LogP contribution in [-0.4, -0.2) is 50.0 Å². The third-order valence-corrected chi connectivity index (χ3v) is 6.04. The summed E-state index contributed by atoms with van der Waals surface area (Å²) in [5.41, 5.74) is 0.505. The molecule has 2 aromatic carbocycles. The first-order chi connectivity index (χ1) is 14.3. The van der Waals surface area contributed by atoms with Crippen LogP contribution in [-0.2, 0) is 4.79 Å². The lowest BCUT2D eigenvalue weighted by Crippen LogP contribution is -2.72. The second kappa shape index (κ2) is 7.36. The zero-order chi connectivity index (χ0) is 21.6. The van der Waals surface area contributed by atoms with Crippen LogP contribution in [0.1, 0.15) is 18.5 Å². The topological polar surface area (TPSA) is 63.3 Å². The molecule has 8 heteroatoms. The number of carbonyl (C=O) groups is 1. The molecule has 2 bridgehead atoms. The normalized spacial score (nSPS) is 24.3. The van der Waals surface area contributed by atoms with Gasteiger partial charge in [0.2, 0.25) is 5.91 Å². The molecule has 30 heavy (non-hydrogen) atoms. The molecule has 0 aliphatic carbocycles. The van der Waals surface area contributed by atoms with Crippen LogP contribution in [0.2, 0.25) is 0 Å². The Hall–Kier alpha value is -3.00. The zero-order valence-corrected chi connectivity index (χ0v) is 18.4. The van der Waals surface area contributed by atoms with Crippen molar-refractivity contribution in [3.05, 3.63) is 48.0 Å². The Labute approximate surface area is 181 Å². The van der Waals surface area contributed by atoms with Gasteiger partial charge in [0, 0.05) is 19.7 Å². The van der Waals surface area contributed by atoms with Crippen molar-refractivity contribution in [2.45, 2.75) is 18.7 Å². The third-order valence-electron chi connectivity index (χ3n) is 5.74. The highest BCUT2D eigenvalue weighted by molar-refractivity contribution is 7.80. The summed E-state index contributed by atoms with van der Waals surface area (Å²) in [7, 11) is 6.71. The lowest BCUT2D eigenvalue weighted by Gasteiger charge is -2.56. The average molecular weight is 428 g/mol. The maximum atomic E-state index is 13.4. The Kier molecular flexibility index (Phi) is 4.97. The fourth-order valence-corrected chi connectivity index (χ4v) is 4.73. The molecule has 3 atom stereocenters. The molecule has 0 spiro atoms. The number of nitrogens with zero attached hydrogens (tertiary/aromatic N) is 2. The Bertz CT molecular complexity index is 1010. The van der Waals surface area contributed by atoms with Crippen molar-refractivity contribution in [1.82, 2.24) is 10.2 Å². The molecular weight excluding hydrogens is 402 g/mol. The molecule has 2 aliphatic heterocycles. The van der Waals surface area contributed by atoms with Gasteiger partial charge in [-0.05, 0) is 49.5 Å². The van der Waals surface area contributed by atoms with Gasteiger partial charge in [0.25, 0.3) is 0 Å². The Morgan fingerprint density at radius 2 is 1.93 bits per heavy atom. The zero-order valence-electron chi connectivity index (χ0n) is 17.6. The first-order valence-corrected chi connectivity index (χ1v) is 10.0. The van der Waals surface area contributed by atoms with Gasteiger partial charge in [-0.2, -0.15) is 0 Å². The molecule has 0 unspecified atom stereocenters. The van der Waals surface area contributed by atoms with E-state index < -0.39 is 11.6 Å². The summed E-state index contributed by atoms with van der Waals surface area (Å²) in [6.45, 7) is 1.90. The highest BCUT2D eigenvalue weighted by atomic mass is 32.1. The van der Waals surface area contributed by atoms with Crippen molar-refractivity contribution in [3.8, 4) is 17.2 Å². The van der Waals surface area contributed by atoms with Crippen LogP contribution in [0.15, 0.2) is 42.5 Å². The van der Waals surface area contributed by atoms with Crippen molar-refractivity contribution < 1.29 is 19.0 Å². The summed E-state index contributed by atoms with van der Waals surface area (Å²) >= 11 is 5.76. The molecule has 2 aromatic rings. The molecule has 0 radical (unpaired) electrons. The van der Waals surface area contributed by atoms with Crippen LogP contribution < -0.4 is 24.4 Å². The minimum atomic E-state index is -1.06.